The summed E-state index contributed by atoms with van der Waals surface area (Å²) in [6.45, 7) is 16.9. The van der Waals surface area contributed by atoms with Crippen LogP contribution in [0.5, 0.6) is 0 Å². The minimum atomic E-state index is 0.874. The molecule has 0 radical (unpaired) electrons. The van der Waals surface area contributed by atoms with Gasteiger partial charge in [-0.15, -0.1) is 0 Å². The van der Waals surface area contributed by atoms with Gasteiger partial charge in [0.05, 0.1) is 0 Å². The second kappa shape index (κ2) is 20.8. The van der Waals surface area contributed by atoms with E-state index in [0.29, 0.717) is 0 Å². The molecule has 4 unspecified atom stereocenters. The van der Waals surface area contributed by atoms with Crippen molar-refractivity contribution in [3.8, 4) is 0 Å². The monoisotopic (exact) mass is 498 g/mol. The molecule has 0 amide bonds. The van der Waals surface area contributed by atoms with E-state index in [1.54, 1.807) is 5.57 Å². The average Bonchev–Trinajstić information content (AvgIpc) is 2.68. The minimum absolute atomic E-state index is 0.874. The van der Waals surface area contributed by atoms with E-state index in [1.807, 2.05) is 0 Å². The zero-order chi connectivity index (χ0) is 23.5. The molecular weight excluding hydrogens is 440 g/mol. The molecule has 0 rings (SSSR count). The Hall–Kier alpha value is 0.220. The molecule has 31 heavy (non-hydrogen) atoms. The lowest BCUT2D eigenvalue weighted by Crippen LogP contribution is -2.02. The van der Waals surface area contributed by atoms with Crippen molar-refractivity contribution in [3.05, 3.63) is 11.6 Å². The van der Waals surface area contributed by atoms with Crippen molar-refractivity contribution in [1.82, 2.24) is 0 Å². The molecule has 0 bridgehead atoms. The van der Waals surface area contributed by atoms with Crippen LogP contribution in [-0.4, -0.2) is 5.33 Å². The van der Waals surface area contributed by atoms with Gasteiger partial charge in [0.2, 0.25) is 0 Å². The van der Waals surface area contributed by atoms with Gasteiger partial charge in [-0.25, -0.2) is 0 Å². The second-order valence-electron chi connectivity index (χ2n) is 11.6. The smallest absolute Gasteiger partial charge is 0.0214 e. The van der Waals surface area contributed by atoms with Gasteiger partial charge in [0.15, 0.2) is 0 Å². The third-order valence-corrected chi connectivity index (χ3v) is 7.68. The number of halogens is 1. The van der Waals surface area contributed by atoms with Gasteiger partial charge in [0.1, 0.15) is 0 Å². The van der Waals surface area contributed by atoms with Crippen LogP contribution in [0.3, 0.4) is 0 Å². The highest BCUT2D eigenvalue weighted by Gasteiger charge is 2.09. The minimum Gasteiger partial charge on any atom is -0.0883 e. The molecule has 0 heterocycles. The third kappa shape index (κ3) is 21.8. The van der Waals surface area contributed by atoms with E-state index < -0.39 is 0 Å². The van der Waals surface area contributed by atoms with Gasteiger partial charge >= 0.3 is 0 Å². The summed E-state index contributed by atoms with van der Waals surface area (Å²) in [6, 6.07) is 0. The predicted octanol–water partition coefficient (Wildman–Crippen LogP) is 11.4. The van der Waals surface area contributed by atoms with E-state index in [4.69, 9.17) is 0 Å². The number of hydrogen-bond donors (Lipinski definition) is 0. The van der Waals surface area contributed by atoms with Gasteiger partial charge in [0.25, 0.3) is 0 Å². The molecule has 0 aromatic rings. The first-order valence-corrected chi connectivity index (χ1v) is 15.1. The van der Waals surface area contributed by atoms with Crippen molar-refractivity contribution < 1.29 is 0 Å². The molecule has 4 atom stereocenters. The fraction of sp³-hybridized carbons (Fsp3) is 0.933. The Balaban J connectivity index is 3.62. The number of allylic oxidation sites excluding steroid dienone is 2. The molecule has 0 aliphatic heterocycles. The molecule has 0 nitrogen and oxygen atoms in total. The summed E-state index contributed by atoms with van der Waals surface area (Å²) in [5.41, 5.74) is 1.54. The largest absolute Gasteiger partial charge is 0.0883 e. The normalized spacial score (nSPS) is 16.5. The maximum atomic E-state index is 3.49. The van der Waals surface area contributed by atoms with E-state index in [2.05, 4.69) is 70.5 Å². The first-order valence-electron chi connectivity index (χ1n) is 14.0. The van der Waals surface area contributed by atoms with Crippen LogP contribution in [-0.2, 0) is 0 Å². The topological polar surface area (TPSA) is 0 Å². The summed E-state index contributed by atoms with van der Waals surface area (Å²) in [5.74, 6) is 4.56. The van der Waals surface area contributed by atoms with Crippen molar-refractivity contribution in [3.63, 3.8) is 0 Å². The van der Waals surface area contributed by atoms with E-state index in [-0.39, 0.29) is 0 Å². The number of rotatable bonds is 21. The molecule has 0 saturated heterocycles. The molecule has 0 saturated carbocycles. The van der Waals surface area contributed by atoms with Gasteiger partial charge in [-0.2, -0.15) is 0 Å². The van der Waals surface area contributed by atoms with Gasteiger partial charge in [-0.3, -0.25) is 0 Å². The van der Waals surface area contributed by atoms with E-state index in [0.717, 1.165) is 34.9 Å². The Morgan fingerprint density at radius 3 is 1.19 bits per heavy atom. The predicted molar refractivity (Wildman–Crippen MR) is 148 cm³/mol. The van der Waals surface area contributed by atoms with Gasteiger partial charge in [0, 0.05) is 5.33 Å². The Labute approximate surface area is 207 Å². The van der Waals surface area contributed by atoms with Crippen molar-refractivity contribution >= 4 is 15.9 Å². The molecule has 0 spiro atoms. The summed E-state index contributed by atoms with van der Waals surface area (Å²) in [7, 11) is 0. The maximum Gasteiger partial charge on any atom is 0.0214 e. The molecule has 0 N–H and O–H groups in total. The van der Waals surface area contributed by atoms with Crippen LogP contribution in [0.4, 0.5) is 0 Å². The Bertz CT molecular complexity index is 411. The van der Waals surface area contributed by atoms with Crippen molar-refractivity contribution in [1.29, 1.82) is 0 Å². The van der Waals surface area contributed by atoms with Gasteiger partial charge in [-0.05, 0) is 49.4 Å². The highest BCUT2D eigenvalue weighted by molar-refractivity contribution is 9.09. The lowest BCUT2D eigenvalue weighted by atomic mass is 9.89. The average molecular weight is 500 g/mol. The van der Waals surface area contributed by atoms with E-state index in [9.17, 15) is 0 Å². The van der Waals surface area contributed by atoms with Crippen LogP contribution in [0.25, 0.3) is 0 Å². The number of hydrogen-bond acceptors (Lipinski definition) is 0. The Kier molecular flexibility index (Phi) is 20.9. The quantitative estimate of drug-likeness (QED) is 0.109. The second-order valence-corrected chi connectivity index (χ2v) is 12.3. The van der Waals surface area contributed by atoms with Crippen LogP contribution < -0.4 is 0 Å². The Morgan fingerprint density at radius 1 is 0.548 bits per heavy atom. The summed E-state index contributed by atoms with van der Waals surface area (Å²) < 4.78 is 0. The molecule has 0 aromatic heterocycles. The molecule has 186 valence electrons. The SMILES string of the molecule is CC(=CCBr)CCCC(C)CCCC(C)CCCC(C)CCCC(C)CCCC(C)C. The zero-order valence-corrected chi connectivity index (χ0v) is 24.2. The molecule has 0 aliphatic carbocycles. The first-order chi connectivity index (χ1) is 14.7. The standard InChI is InChI=1S/C30H59Br/c1-25(2)13-8-14-26(3)15-9-16-27(4)17-10-18-28(5)19-11-20-29(6)21-12-22-30(7)23-24-31/h23,25-29H,8-22,24H2,1-7H3. The molecule has 0 aromatic carbocycles. The van der Waals surface area contributed by atoms with Crippen molar-refractivity contribution in [2.45, 2.75) is 145 Å². The number of alkyl halides is 1. The molecule has 1 heteroatoms. The summed E-state index contributed by atoms with van der Waals surface area (Å²) >= 11 is 3.49. The van der Waals surface area contributed by atoms with E-state index >= 15 is 0 Å². The molecular formula is C30H59Br. The third-order valence-electron chi connectivity index (χ3n) is 7.35. The first kappa shape index (κ1) is 31.2. The van der Waals surface area contributed by atoms with Gasteiger partial charge < -0.3 is 0 Å². The lowest BCUT2D eigenvalue weighted by molar-refractivity contribution is 0.364. The molecule has 0 aliphatic rings. The lowest BCUT2D eigenvalue weighted by Gasteiger charge is -2.17. The summed E-state index contributed by atoms with van der Waals surface area (Å²) in [5, 5.41) is 1.00. The van der Waals surface area contributed by atoms with E-state index in [1.165, 1.54) is 96.3 Å². The zero-order valence-electron chi connectivity index (χ0n) is 22.7. The van der Waals surface area contributed by atoms with Crippen LogP contribution in [0.15, 0.2) is 11.6 Å². The van der Waals surface area contributed by atoms with Gasteiger partial charge in [-0.1, -0.05) is 153 Å². The highest BCUT2D eigenvalue weighted by Crippen LogP contribution is 2.24. The van der Waals surface area contributed by atoms with Crippen molar-refractivity contribution in [2.75, 3.05) is 5.33 Å². The van der Waals surface area contributed by atoms with Crippen LogP contribution in [0.2, 0.25) is 0 Å². The van der Waals surface area contributed by atoms with Crippen LogP contribution >= 0.6 is 15.9 Å². The van der Waals surface area contributed by atoms with Crippen LogP contribution in [0, 0.1) is 29.6 Å². The maximum absolute atomic E-state index is 3.49. The summed E-state index contributed by atoms with van der Waals surface area (Å²) in [4.78, 5) is 0. The fourth-order valence-electron chi connectivity index (χ4n) is 4.86. The molecule has 0 fully saturated rings. The highest BCUT2D eigenvalue weighted by atomic mass is 79.9. The fourth-order valence-corrected chi connectivity index (χ4v) is 5.41. The summed E-state index contributed by atoms with van der Waals surface area (Å²) in [6.07, 6.45) is 23.6. The van der Waals surface area contributed by atoms with Crippen molar-refractivity contribution in [2.24, 2.45) is 29.6 Å². The van der Waals surface area contributed by atoms with Crippen LogP contribution in [0.1, 0.15) is 145 Å². The Morgan fingerprint density at radius 2 is 0.871 bits per heavy atom.